The Morgan fingerprint density at radius 1 is 1.21 bits per heavy atom. The number of hydrogen-bond donors (Lipinski definition) is 2. The lowest BCUT2D eigenvalue weighted by atomic mass is 10.2. The Morgan fingerprint density at radius 3 is 2.68 bits per heavy atom. The minimum atomic E-state index is -0.676. The largest absolute Gasteiger partial charge is 0.326 e. The summed E-state index contributed by atoms with van der Waals surface area (Å²) in [6.07, 6.45) is -0.0577. The second-order valence-corrected chi connectivity index (χ2v) is 8.04. The SMILES string of the molecule is Cc1cc(Cl)ccc1NC(=O)C[C@H]1SC(=NC(=O)c2ccccc2Cl)NC1=O. The third kappa shape index (κ3) is 4.92. The maximum Gasteiger partial charge on any atom is 0.280 e. The van der Waals surface area contributed by atoms with Crippen LogP contribution in [0.2, 0.25) is 10.0 Å². The molecule has 6 nitrogen and oxygen atoms in total. The third-order valence-electron chi connectivity index (χ3n) is 3.92. The van der Waals surface area contributed by atoms with Crippen molar-refractivity contribution in [3.8, 4) is 0 Å². The zero-order valence-corrected chi connectivity index (χ0v) is 17.0. The molecule has 0 aromatic heterocycles. The van der Waals surface area contributed by atoms with E-state index in [0.29, 0.717) is 10.7 Å². The van der Waals surface area contributed by atoms with E-state index in [-0.39, 0.29) is 34.0 Å². The van der Waals surface area contributed by atoms with Crippen molar-refractivity contribution >= 4 is 63.5 Å². The molecule has 0 saturated carbocycles. The highest BCUT2D eigenvalue weighted by molar-refractivity contribution is 8.15. The second kappa shape index (κ2) is 8.77. The number of amides is 3. The first-order valence-electron chi connectivity index (χ1n) is 8.24. The van der Waals surface area contributed by atoms with Gasteiger partial charge in [-0.2, -0.15) is 4.99 Å². The molecule has 3 rings (SSSR count). The number of amidine groups is 1. The molecule has 1 aliphatic heterocycles. The molecule has 2 N–H and O–H groups in total. The molecule has 28 heavy (non-hydrogen) atoms. The molecule has 0 unspecified atom stereocenters. The Labute approximate surface area is 175 Å². The van der Waals surface area contributed by atoms with E-state index < -0.39 is 11.2 Å². The lowest BCUT2D eigenvalue weighted by Gasteiger charge is -2.10. The van der Waals surface area contributed by atoms with Crippen molar-refractivity contribution in [3.63, 3.8) is 0 Å². The van der Waals surface area contributed by atoms with E-state index in [4.69, 9.17) is 23.2 Å². The molecule has 144 valence electrons. The summed E-state index contributed by atoms with van der Waals surface area (Å²) >= 11 is 12.9. The molecular weight excluding hydrogens is 421 g/mol. The summed E-state index contributed by atoms with van der Waals surface area (Å²) < 4.78 is 0. The van der Waals surface area contributed by atoms with Crippen LogP contribution in [0, 0.1) is 6.92 Å². The number of anilines is 1. The van der Waals surface area contributed by atoms with Gasteiger partial charge in [-0.25, -0.2) is 0 Å². The van der Waals surface area contributed by atoms with Crippen LogP contribution in [0.5, 0.6) is 0 Å². The highest BCUT2D eigenvalue weighted by atomic mass is 35.5. The minimum Gasteiger partial charge on any atom is -0.326 e. The van der Waals surface area contributed by atoms with Crippen LogP contribution < -0.4 is 10.6 Å². The molecule has 1 saturated heterocycles. The number of rotatable bonds is 4. The van der Waals surface area contributed by atoms with Crippen molar-refractivity contribution in [2.24, 2.45) is 4.99 Å². The summed E-state index contributed by atoms with van der Waals surface area (Å²) in [5, 5.41) is 5.61. The molecule has 9 heteroatoms. The van der Waals surface area contributed by atoms with Gasteiger partial charge in [0.2, 0.25) is 11.8 Å². The smallest absolute Gasteiger partial charge is 0.280 e. The van der Waals surface area contributed by atoms with Gasteiger partial charge in [0, 0.05) is 17.1 Å². The van der Waals surface area contributed by atoms with E-state index in [1.807, 2.05) is 6.92 Å². The maximum atomic E-state index is 12.3. The third-order valence-corrected chi connectivity index (χ3v) is 5.56. The number of thioether (sulfide) groups is 1. The zero-order chi connectivity index (χ0) is 20.3. The highest BCUT2D eigenvalue weighted by Crippen LogP contribution is 2.25. The minimum absolute atomic E-state index is 0.0577. The maximum absolute atomic E-state index is 12.3. The molecule has 1 fully saturated rings. The van der Waals surface area contributed by atoms with Crippen molar-refractivity contribution < 1.29 is 14.4 Å². The number of benzene rings is 2. The summed E-state index contributed by atoms with van der Waals surface area (Å²) in [5.74, 6) is -1.26. The molecule has 2 aromatic rings. The molecule has 0 radical (unpaired) electrons. The van der Waals surface area contributed by atoms with Crippen LogP contribution in [0.4, 0.5) is 5.69 Å². The van der Waals surface area contributed by atoms with Crippen molar-refractivity contribution in [2.45, 2.75) is 18.6 Å². The molecule has 3 amide bonds. The molecule has 0 bridgehead atoms. The summed E-state index contributed by atoms with van der Waals surface area (Å²) in [7, 11) is 0. The number of nitrogens with one attached hydrogen (secondary N) is 2. The Hall–Kier alpha value is -2.35. The average Bonchev–Trinajstić information content (AvgIpc) is 2.96. The average molecular weight is 436 g/mol. The Morgan fingerprint density at radius 2 is 1.96 bits per heavy atom. The second-order valence-electron chi connectivity index (χ2n) is 6.01. The van der Waals surface area contributed by atoms with Crippen molar-refractivity contribution in [3.05, 3.63) is 63.6 Å². The van der Waals surface area contributed by atoms with Crippen molar-refractivity contribution in [1.29, 1.82) is 0 Å². The summed E-state index contributed by atoms with van der Waals surface area (Å²) in [6, 6.07) is 11.6. The fraction of sp³-hybridized carbons (Fsp3) is 0.158. The number of carbonyl (C=O) groups is 3. The molecule has 1 heterocycles. The number of hydrogen-bond acceptors (Lipinski definition) is 4. The van der Waals surface area contributed by atoms with Crippen molar-refractivity contribution in [2.75, 3.05) is 5.32 Å². The van der Waals surface area contributed by atoms with Gasteiger partial charge in [0.15, 0.2) is 5.17 Å². The monoisotopic (exact) mass is 435 g/mol. The predicted octanol–water partition coefficient (Wildman–Crippen LogP) is 4.06. The van der Waals surface area contributed by atoms with Crippen LogP contribution in [0.15, 0.2) is 47.5 Å². The van der Waals surface area contributed by atoms with E-state index in [2.05, 4.69) is 15.6 Å². The van der Waals surface area contributed by atoms with Gasteiger partial charge in [-0.05, 0) is 42.8 Å². The molecular formula is C19H15Cl2N3O3S. The Kier molecular flexibility index (Phi) is 6.39. The topological polar surface area (TPSA) is 87.6 Å². The first kappa shape index (κ1) is 20.4. The summed E-state index contributed by atoms with van der Waals surface area (Å²) in [5.41, 5.74) is 1.68. The fourth-order valence-electron chi connectivity index (χ4n) is 2.52. The van der Waals surface area contributed by atoms with Gasteiger partial charge in [-0.1, -0.05) is 47.1 Å². The quantitative estimate of drug-likeness (QED) is 0.757. The fourth-order valence-corrected chi connectivity index (χ4v) is 3.92. The lowest BCUT2D eigenvalue weighted by molar-refractivity contribution is -0.122. The molecule has 2 aromatic carbocycles. The standard InChI is InChI=1S/C19H15Cl2N3O3S/c1-10-8-11(20)6-7-14(10)22-16(25)9-15-18(27)24-19(28-15)23-17(26)12-4-2-3-5-13(12)21/h2-8,15H,9H2,1H3,(H,22,25)(H,23,24,26,27)/t15-/m1/s1. The number of nitrogens with zero attached hydrogens (tertiary/aromatic N) is 1. The molecule has 1 aliphatic rings. The van der Waals surface area contributed by atoms with Crippen LogP contribution in [0.3, 0.4) is 0 Å². The van der Waals surface area contributed by atoms with Crippen LogP contribution in [-0.4, -0.2) is 28.1 Å². The van der Waals surface area contributed by atoms with Gasteiger partial charge in [-0.15, -0.1) is 0 Å². The van der Waals surface area contributed by atoms with E-state index >= 15 is 0 Å². The van der Waals surface area contributed by atoms with E-state index in [1.54, 1.807) is 42.5 Å². The molecule has 1 atom stereocenters. The van der Waals surface area contributed by atoms with E-state index in [0.717, 1.165) is 17.3 Å². The van der Waals surface area contributed by atoms with Gasteiger partial charge in [-0.3, -0.25) is 14.4 Å². The Balaban J connectivity index is 1.63. The highest BCUT2D eigenvalue weighted by Gasteiger charge is 2.32. The first-order valence-corrected chi connectivity index (χ1v) is 9.88. The van der Waals surface area contributed by atoms with Gasteiger partial charge in [0.1, 0.15) is 5.25 Å². The van der Waals surface area contributed by atoms with E-state index in [1.165, 1.54) is 0 Å². The van der Waals surface area contributed by atoms with Gasteiger partial charge in [0.25, 0.3) is 5.91 Å². The normalized spacial score (nSPS) is 17.5. The predicted molar refractivity (Wildman–Crippen MR) is 112 cm³/mol. The van der Waals surface area contributed by atoms with E-state index in [9.17, 15) is 14.4 Å². The summed E-state index contributed by atoms with van der Waals surface area (Å²) in [4.78, 5) is 40.5. The Bertz CT molecular complexity index is 994. The van der Waals surface area contributed by atoms with Gasteiger partial charge in [0.05, 0.1) is 10.6 Å². The molecule has 0 spiro atoms. The van der Waals surface area contributed by atoms with Crippen molar-refractivity contribution in [1.82, 2.24) is 5.32 Å². The number of aliphatic imine (C=N–C) groups is 1. The van der Waals surface area contributed by atoms with Crippen LogP contribution in [0.1, 0.15) is 22.3 Å². The first-order chi connectivity index (χ1) is 13.3. The zero-order valence-electron chi connectivity index (χ0n) is 14.7. The van der Waals surface area contributed by atoms with Crippen LogP contribution in [-0.2, 0) is 9.59 Å². The van der Waals surface area contributed by atoms with Crippen LogP contribution >= 0.6 is 35.0 Å². The summed E-state index contributed by atoms with van der Waals surface area (Å²) in [6.45, 7) is 1.82. The number of aryl methyl sites for hydroxylation is 1. The molecule has 0 aliphatic carbocycles. The van der Waals surface area contributed by atoms with Crippen LogP contribution in [0.25, 0.3) is 0 Å². The van der Waals surface area contributed by atoms with Gasteiger partial charge < -0.3 is 10.6 Å². The lowest BCUT2D eigenvalue weighted by Crippen LogP contribution is -2.28. The number of halogens is 2. The van der Waals surface area contributed by atoms with Gasteiger partial charge >= 0.3 is 0 Å². The number of carbonyl (C=O) groups excluding carboxylic acids is 3.